The molecule has 0 heterocycles. The third kappa shape index (κ3) is 12.8. The molecule has 2 N–H and O–H groups in total. The van der Waals surface area contributed by atoms with Gasteiger partial charge in [0.15, 0.2) is 0 Å². The van der Waals surface area contributed by atoms with Crippen LogP contribution in [0.4, 0.5) is 4.79 Å². The molecule has 0 aliphatic carbocycles. The molecule has 0 aliphatic heterocycles. The molecule has 9 nitrogen and oxygen atoms in total. The predicted octanol–water partition coefficient (Wildman–Crippen LogP) is 6.89. The van der Waals surface area contributed by atoms with Gasteiger partial charge in [0.05, 0.1) is 0 Å². The lowest BCUT2D eigenvalue weighted by atomic mass is 9.91. The number of esters is 1. The van der Waals surface area contributed by atoms with Crippen molar-refractivity contribution in [1.29, 1.82) is 0 Å². The highest BCUT2D eigenvalue weighted by Crippen LogP contribution is 2.32. The molecule has 4 unspecified atom stereocenters. The number of hydrogen-bond acceptors (Lipinski definition) is 7. The Hall–Kier alpha value is -3.53. The van der Waals surface area contributed by atoms with Gasteiger partial charge in [-0.2, -0.15) is 12.6 Å². The van der Waals surface area contributed by atoms with E-state index in [0.29, 0.717) is 17.9 Å². The zero-order valence-corrected chi connectivity index (χ0v) is 31.6. The van der Waals surface area contributed by atoms with Crippen LogP contribution in [0.3, 0.4) is 0 Å². The molecule has 48 heavy (non-hydrogen) atoms. The summed E-state index contributed by atoms with van der Waals surface area (Å²) in [5.74, 6) is -1.27. The zero-order chi connectivity index (χ0) is 36.4. The van der Waals surface area contributed by atoms with Gasteiger partial charge >= 0.3 is 12.1 Å². The maximum atomic E-state index is 14.8. The standard InChI is InChI=1S/C38H57N3O6S/c1-24(2)20-21-27(5)41(34(43)30(23-48)40-36(45)47-38(9,10)11)32(31-25(3)16-15-17-26(31)4)33(42)39-29(35(44)46-37(6,7)8)22-28-18-13-12-14-19-28/h12-19,24,27,29-30,32,48H,20-23H2,1-11H3,(H,39,42)(H,40,45). The van der Waals surface area contributed by atoms with E-state index >= 15 is 0 Å². The van der Waals surface area contributed by atoms with Crippen molar-refractivity contribution < 1.29 is 28.7 Å². The third-order valence-electron chi connectivity index (χ3n) is 7.70. The predicted molar refractivity (Wildman–Crippen MR) is 194 cm³/mol. The Morgan fingerprint density at radius 3 is 1.83 bits per heavy atom. The van der Waals surface area contributed by atoms with Crippen molar-refractivity contribution >= 4 is 36.5 Å². The topological polar surface area (TPSA) is 114 Å². The van der Waals surface area contributed by atoms with Gasteiger partial charge in [0, 0.05) is 18.2 Å². The maximum Gasteiger partial charge on any atom is 0.408 e. The quantitative estimate of drug-likeness (QED) is 0.148. The number of rotatable bonds is 14. The molecule has 4 atom stereocenters. The van der Waals surface area contributed by atoms with Gasteiger partial charge in [-0.15, -0.1) is 0 Å². The van der Waals surface area contributed by atoms with Crippen molar-refractivity contribution in [1.82, 2.24) is 15.5 Å². The van der Waals surface area contributed by atoms with Gasteiger partial charge in [-0.25, -0.2) is 9.59 Å². The van der Waals surface area contributed by atoms with Gasteiger partial charge in [0.2, 0.25) is 11.8 Å². The Morgan fingerprint density at radius 1 is 0.771 bits per heavy atom. The molecule has 3 amide bonds. The van der Waals surface area contributed by atoms with Crippen LogP contribution in [0.2, 0.25) is 0 Å². The summed E-state index contributed by atoms with van der Waals surface area (Å²) in [6.07, 6.45) is 0.831. The number of carbonyl (C=O) groups is 4. The van der Waals surface area contributed by atoms with Gasteiger partial charge in [-0.3, -0.25) is 9.59 Å². The molecule has 0 saturated heterocycles. The van der Waals surface area contributed by atoms with Crippen LogP contribution in [0.1, 0.15) is 103 Å². The number of ether oxygens (including phenoxy) is 2. The van der Waals surface area contributed by atoms with Crippen molar-refractivity contribution in [3.05, 3.63) is 70.8 Å². The van der Waals surface area contributed by atoms with E-state index in [-0.39, 0.29) is 12.2 Å². The Balaban J connectivity index is 2.72. The first kappa shape index (κ1) is 40.6. The molecule has 266 valence electrons. The van der Waals surface area contributed by atoms with E-state index in [2.05, 4.69) is 37.1 Å². The van der Waals surface area contributed by atoms with Gasteiger partial charge in [-0.05, 0) is 103 Å². The monoisotopic (exact) mass is 683 g/mol. The van der Waals surface area contributed by atoms with E-state index < -0.39 is 59.2 Å². The average molecular weight is 684 g/mol. The number of carbonyl (C=O) groups excluding carboxylic acids is 4. The highest BCUT2D eigenvalue weighted by Gasteiger charge is 2.41. The summed E-state index contributed by atoms with van der Waals surface area (Å²) in [6.45, 7) is 20.4. The molecule has 0 bridgehead atoms. The molecule has 0 saturated carbocycles. The Bertz CT molecular complexity index is 1360. The molecule has 0 aromatic heterocycles. The molecule has 0 spiro atoms. The Morgan fingerprint density at radius 2 is 1.33 bits per heavy atom. The zero-order valence-electron chi connectivity index (χ0n) is 30.7. The second-order valence-electron chi connectivity index (χ2n) is 14.9. The summed E-state index contributed by atoms with van der Waals surface area (Å²) in [5.41, 5.74) is 1.54. The van der Waals surface area contributed by atoms with Crippen molar-refractivity contribution in [3.8, 4) is 0 Å². The number of hydrogen-bond donors (Lipinski definition) is 3. The Labute approximate surface area is 293 Å². The minimum atomic E-state index is -1.13. The maximum absolute atomic E-state index is 14.8. The lowest BCUT2D eigenvalue weighted by Gasteiger charge is -2.40. The minimum absolute atomic E-state index is 0.0267. The van der Waals surface area contributed by atoms with Crippen molar-refractivity contribution in [3.63, 3.8) is 0 Å². The average Bonchev–Trinajstić information content (AvgIpc) is 2.96. The molecular weight excluding hydrogens is 626 g/mol. The van der Waals surface area contributed by atoms with E-state index in [1.165, 1.54) is 0 Å². The first-order chi connectivity index (χ1) is 22.2. The summed E-state index contributed by atoms with van der Waals surface area (Å²) < 4.78 is 11.2. The van der Waals surface area contributed by atoms with E-state index in [1.54, 1.807) is 46.4 Å². The summed E-state index contributed by atoms with van der Waals surface area (Å²) >= 11 is 4.44. The van der Waals surface area contributed by atoms with E-state index in [9.17, 15) is 19.2 Å². The Kier molecular flexibility index (Phi) is 15.0. The van der Waals surface area contributed by atoms with Gasteiger partial charge in [0.1, 0.15) is 29.3 Å². The van der Waals surface area contributed by atoms with Crippen LogP contribution < -0.4 is 10.6 Å². The third-order valence-corrected chi connectivity index (χ3v) is 8.06. The largest absolute Gasteiger partial charge is 0.458 e. The smallest absolute Gasteiger partial charge is 0.408 e. The lowest BCUT2D eigenvalue weighted by Crippen LogP contribution is -2.57. The summed E-state index contributed by atoms with van der Waals surface area (Å²) in [7, 11) is 0. The van der Waals surface area contributed by atoms with Gasteiger partial charge in [-0.1, -0.05) is 62.4 Å². The van der Waals surface area contributed by atoms with Crippen molar-refractivity contribution in [2.24, 2.45) is 5.92 Å². The van der Waals surface area contributed by atoms with E-state index in [1.807, 2.05) is 69.3 Å². The van der Waals surface area contributed by atoms with Crippen LogP contribution >= 0.6 is 12.6 Å². The van der Waals surface area contributed by atoms with Crippen molar-refractivity contribution in [2.75, 3.05) is 5.75 Å². The fourth-order valence-electron chi connectivity index (χ4n) is 5.45. The first-order valence-electron chi connectivity index (χ1n) is 16.8. The summed E-state index contributed by atoms with van der Waals surface area (Å²) in [5, 5.41) is 5.67. The molecule has 2 aromatic carbocycles. The van der Waals surface area contributed by atoms with Crippen LogP contribution in [0.25, 0.3) is 0 Å². The number of nitrogens with one attached hydrogen (secondary N) is 2. The molecule has 0 aliphatic rings. The fraction of sp³-hybridized carbons (Fsp3) is 0.579. The molecule has 0 fully saturated rings. The number of benzene rings is 2. The highest BCUT2D eigenvalue weighted by molar-refractivity contribution is 7.80. The molecule has 2 rings (SSSR count). The van der Waals surface area contributed by atoms with Gasteiger partial charge < -0.3 is 25.0 Å². The fourth-order valence-corrected chi connectivity index (χ4v) is 5.70. The highest BCUT2D eigenvalue weighted by atomic mass is 32.1. The second kappa shape index (κ2) is 17.7. The van der Waals surface area contributed by atoms with Crippen LogP contribution in [0.5, 0.6) is 0 Å². The number of alkyl carbamates (subject to hydrolysis) is 1. The molecule has 10 heteroatoms. The van der Waals surface area contributed by atoms with E-state index in [0.717, 1.165) is 23.1 Å². The van der Waals surface area contributed by atoms with Crippen LogP contribution in [0.15, 0.2) is 48.5 Å². The number of thiol groups is 1. The molecule has 0 radical (unpaired) electrons. The summed E-state index contributed by atoms with van der Waals surface area (Å²) in [4.78, 5) is 57.4. The van der Waals surface area contributed by atoms with Crippen LogP contribution in [0, 0.1) is 19.8 Å². The second-order valence-corrected chi connectivity index (χ2v) is 15.3. The minimum Gasteiger partial charge on any atom is -0.458 e. The van der Waals surface area contributed by atoms with Crippen LogP contribution in [-0.4, -0.2) is 63.9 Å². The SMILES string of the molecule is Cc1cccc(C)c1C(C(=O)NC(Cc1ccccc1)C(=O)OC(C)(C)C)N(C(=O)C(CS)NC(=O)OC(C)(C)C)C(C)CCC(C)C. The van der Waals surface area contributed by atoms with Crippen LogP contribution in [-0.2, 0) is 30.3 Å². The first-order valence-corrected chi connectivity index (χ1v) is 17.4. The number of amides is 3. The normalized spacial score (nSPS) is 14.4. The van der Waals surface area contributed by atoms with Crippen molar-refractivity contribution in [2.45, 2.75) is 131 Å². The molecular formula is C38H57N3O6S. The lowest BCUT2D eigenvalue weighted by molar-refractivity contribution is -0.159. The van der Waals surface area contributed by atoms with Gasteiger partial charge in [0.25, 0.3) is 0 Å². The summed E-state index contributed by atoms with van der Waals surface area (Å²) in [6, 6.07) is 11.4. The number of aryl methyl sites for hydroxylation is 2. The number of nitrogens with zero attached hydrogens (tertiary/aromatic N) is 1. The molecule has 2 aromatic rings. The van der Waals surface area contributed by atoms with E-state index in [4.69, 9.17) is 9.47 Å².